The van der Waals surface area contributed by atoms with Gasteiger partial charge < -0.3 is 15.0 Å². The molecule has 3 rings (SSSR count). The molecule has 0 spiro atoms. The molecule has 0 bridgehead atoms. The van der Waals surface area contributed by atoms with E-state index < -0.39 is 0 Å². The Hall–Kier alpha value is -2.31. The summed E-state index contributed by atoms with van der Waals surface area (Å²) in [6, 6.07) is 17.8. The number of hydrogen-bond acceptors (Lipinski definition) is 4. The molecule has 1 N–H and O–H groups in total. The number of rotatable bonds is 9. The van der Waals surface area contributed by atoms with E-state index in [9.17, 15) is 9.59 Å². The fourth-order valence-corrected chi connectivity index (χ4v) is 4.54. The minimum absolute atomic E-state index is 0.0289. The summed E-state index contributed by atoms with van der Waals surface area (Å²) in [7, 11) is 0. The third-order valence-corrected chi connectivity index (χ3v) is 6.58. The van der Waals surface area contributed by atoms with Crippen LogP contribution in [0.15, 0.2) is 54.6 Å². The molecule has 0 aromatic heterocycles. The van der Waals surface area contributed by atoms with Gasteiger partial charge in [0.25, 0.3) is 0 Å². The third-order valence-electron chi connectivity index (χ3n) is 5.14. The Balaban J connectivity index is 1.47. The minimum atomic E-state index is -0.0801. The quantitative estimate of drug-likeness (QED) is 0.642. The Kier molecular flexibility index (Phi) is 8.78. The second-order valence-corrected chi connectivity index (χ2v) is 8.84. The fourth-order valence-electron chi connectivity index (χ4n) is 3.41. The van der Waals surface area contributed by atoms with Gasteiger partial charge >= 0.3 is 0 Å². The highest BCUT2D eigenvalue weighted by atomic mass is 32.2. The summed E-state index contributed by atoms with van der Waals surface area (Å²) in [5.74, 6) is 0.825. The topological polar surface area (TPSA) is 58.6 Å². The Morgan fingerprint density at radius 1 is 1.07 bits per heavy atom. The standard InChI is InChI=1S/C24H30N2O3S/c1-19(27)26(17-20-6-3-2-4-7-20)13-10-24(28)25-22-9-5-8-21(16-22)18-30-23-11-14-29-15-12-23/h2-9,16,23H,10-15,17-18H2,1H3,(H,25,28). The van der Waals surface area contributed by atoms with Crippen LogP contribution in [0.5, 0.6) is 0 Å². The number of nitrogens with zero attached hydrogens (tertiary/aromatic N) is 1. The Morgan fingerprint density at radius 3 is 2.53 bits per heavy atom. The normalized spacial score (nSPS) is 14.3. The van der Waals surface area contributed by atoms with E-state index in [0.717, 1.165) is 43.1 Å². The Labute approximate surface area is 183 Å². The molecule has 1 saturated heterocycles. The first-order valence-corrected chi connectivity index (χ1v) is 11.5. The van der Waals surface area contributed by atoms with Crippen molar-refractivity contribution in [3.8, 4) is 0 Å². The second-order valence-electron chi connectivity index (χ2n) is 7.55. The van der Waals surface area contributed by atoms with Crippen molar-refractivity contribution >= 4 is 29.3 Å². The molecule has 1 fully saturated rings. The molecule has 0 saturated carbocycles. The van der Waals surface area contributed by atoms with Crippen LogP contribution < -0.4 is 5.32 Å². The van der Waals surface area contributed by atoms with Gasteiger partial charge in [-0.05, 0) is 36.1 Å². The lowest BCUT2D eigenvalue weighted by atomic mass is 10.2. The zero-order valence-corrected chi connectivity index (χ0v) is 18.3. The predicted octanol–water partition coefficient (Wildman–Crippen LogP) is 4.48. The average molecular weight is 427 g/mol. The zero-order valence-electron chi connectivity index (χ0n) is 17.5. The molecule has 0 unspecified atom stereocenters. The Bertz CT molecular complexity index is 822. The molecular formula is C24H30N2O3S. The number of anilines is 1. The summed E-state index contributed by atoms with van der Waals surface area (Å²) in [6.07, 6.45) is 2.49. The van der Waals surface area contributed by atoms with Crippen LogP contribution >= 0.6 is 11.8 Å². The van der Waals surface area contributed by atoms with Crippen molar-refractivity contribution in [2.24, 2.45) is 0 Å². The molecule has 6 heteroatoms. The summed E-state index contributed by atoms with van der Waals surface area (Å²) in [5.41, 5.74) is 3.07. The highest BCUT2D eigenvalue weighted by Crippen LogP contribution is 2.26. The molecule has 30 heavy (non-hydrogen) atoms. The van der Waals surface area contributed by atoms with Crippen LogP contribution in [0.1, 0.15) is 37.3 Å². The maximum atomic E-state index is 12.4. The highest BCUT2D eigenvalue weighted by Gasteiger charge is 2.15. The van der Waals surface area contributed by atoms with E-state index >= 15 is 0 Å². The van der Waals surface area contributed by atoms with Crippen LogP contribution in [-0.4, -0.2) is 41.7 Å². The summed E-state index contributed by atoms with van der Waals surface area (Å²) >= 11 is 1.96. The van der Waals surface area contributed by atoms with Crippen molar-refractivity contribution in [1.29, 1.82) is 0 Å². The van der Waals surface area contributed by atoms with Gasteiger partial charge in [-0.2, -0.15) is 11.8 Å². The van der Waals surface area contributed by atoms with Crippen LogP contribution in [0.25, 0.3) is 0 Å². The van der Waals surface area contributed by atoms with Gasteiger partial charge in [0, 0.05) is 56.3 Å². The van der Waals surface area contributed by atoms with E-state index in [-0.39, 0.29) is 18.2 Å². The molecule has 2 aromatic carbocycles. The predicted molar refractivity (Wildman–Crippen MR) is 122 cm³/mol. The number of thioether (sulfide) groups is 1. The lowest BCUT2D eigenvalue weighted by Gasteiger charge is -2.21. The van der Waals surface area contributed by atoms with Gasteiger partial charge in [0.05, 0.1) is 0 Å². The number of benzene rings is 2. The van der Waals surface area contributed by atoms with E-state index in [2.05, 4.69) is 11.4 Å². The Morgan fingerprint density at radius 2 is 1.80 bits per heavy atom. The van der Waals surface area contributed by atoms with Gasteiger partial charge in [0.1, 0.15) is 0 Å². The highest BCUT2D eigenvalue weighted by molar-refractivity contribution is 7.99. The van der Waals surface area contributed by atoms with Gasteiger partial charge in [-0.1, -0.05) is 42.5 Å². The molecule has 5 nitrogen and oxygen atoms in total. The molecular weight excluding hydrogens is 396 g/mol. The molecule has 0 atom stereocenters. The van der Waals surface area contributed by atoms with E-state index in [1.807, 2.05) is 60.3 Å². The average Bonchev–Trinajstić information content (AvgIpc) is 2.77. The van der Waals surface area contributed by atoms with Crippen molar-refractivity contribution in [2.45, 2.75) is 43.7 Å². The molecule has 1 heterocycles. The number of amides is 2. The second kappa shape index (κ2) is 11.8. The first kappa shape index (κ1) is 22.4. The maximum Gasteiger partial charge on any atom is 0.226 e. The van der Waals surface area contributed by atoms with Crippen LogP contribution in [0.4, 0.5) is 5.69 Å². The zero-order chi connectivity index (χ0) is 21.2. The fraction of sp³-hybridized carbons (Fsp3) is 0.417. The summed E-state index contributed by atoms with van der Waals surface area (Å²) < 4.78 is 5.42. The third kappa shape index (κ3) is 7.50. The van der Waals surface area contributed by atoms with Crippen LogP contribution in [0.3, 0.4) is 0 Å². The van der Waals surface area contributed by atoms with E-state index in [4.69, 9.17) is 4.74 Å². The number of hydrogen-bond donors (Lipinski definition) is 1. The molecule has 2 amide bonds. The van der Waals surface area contributed by atoms with Crippen molar-refractivity contribution in [1.82, 2.24) is 4.90 Å². The number of ether oxygens (including phenoxy) is 1. The van der Waals surface area contributed by atoms with Gasteiger partial charge in [0.2, 0.25) is 11.8 Å². The number of carbonyl (C=O) groups is 2. The summed E-state index contributed by atoms with van der Waals surface area (Å²) in [5, 5.41) is 3.62. The van der Waals surface area contributed by atoms with Crippen molar-refractivity contribution in [3.05, 3.63) is 65.7 Å². The molecule has 0 aliphatic carbocycles. The van der Waals surface area contributed by atoms with Gasteiger partial charge in [-0.3, -0.25) is 9.59 Å². The molecule has 160 valence electrons. The number of nitrogens with one attached hydrogen (secondary N) is 1. The van der Waals surface area contributed by atoms with Crippen LogP contribution in [0.2, 0.25) is 0 Å². The smallest absolute Gasteiger partial charge is 0.226 e. The number of carbonyl (C=O) groups excluding carboxylic acids is 2. The van der Waals surface area contributed by atoms with Gasteiger partial charge in [0.15, 0.2) is 0 Å². The first-order chi connectivity index (χ1) is 14.6. The lowest BCUT2D eigenvalue weighted by Crippen LogP contribution is -2.31. The molecule has 0 radical (unpaired) electrons. The van der Waals surface area contributed by atoms with E-state index in [1.165, 1.54) is 5.56 Å². The van der Waals surface area contributed by atoms with Crippen LogP contribution in [0, 0.1) is 0 Å². The lowest BCUT2D eigenvalue weighted by molar-refractivity contribution is -0.129. The first-order valence-electron chi connectivity index (χ1n) is 10.5. The van der Waals surface area contributed by atoms with Crippen molar-refractivity contribution < 1.29 is 14.3 Å². The summed E-state index contributed by atoms with van der Waals surface area (Å²) in [4.78, 5) is 26.1. The van der Waals surface area contributed by atoms with Gasteiger partial charge in [-0.15, -0.1) is 0 Å². The summed E-state index contributed by atoms with van der Waals surface area (Å²) in [6.45, 7) is 4.17. The monoisotopic (exact) mass is 426 g/mol. The molecule has 1 aliphatic heterocycles. The molecule has 1 aliphatic rings. The van der Waals surface area contributed by atoms with Crippen molar-refractivity contribution in [3.63, 3.8) is 0 Å². The van der Waals surface area contributed by atoms with Gasteiger partial charge in [-0.25, -0.2) is 0 Å². The SMILES string of the molecule is CC(=O)N(CCC(=O)Nc1cccc(CSC2CCOCC2)c1)Cc1ccccc1. The maximum absolute atomic E-state index is 12.4. The van der Waals surface area contributed by atoms with E-state index in [0.29, 0.717) is 18.3 Å². The minimum Gasteiger partial charge on any atom is -0.381 e. The molecule has 2 aromatic rings. The van der Waals surface area contributed by atoms with Crippen molar-refractivity contribution in [2.75, 3.05) is 25.1 Å². The van der Waals surface area contributed by atoms with Crippen LogP contribution in [-0.2, 0) is 26.6 Å². The largest absolute Gasteiger partial charge is 0.381 e. The van der Waals surface area contributed by atoms with E-state index in [1.54, 1.807) is 11.8 Å².